The van der Waals surface area contributed by atoms with Crippen LogP contribution < -0.4 is 0 Å². The minimum Gasteiger partial charge on any atom is -0.481 e. The summed E-state index contributed by atoms with van der Waals surface area (Å²) in [7, 11) is 0. The van der Waals surface area contributed by atoms with Gasteiger partial charge in [0.2, 0.25) is 0 Å². The number of rotatable bonds is 4. The Hall–Kier alpha value is -2.10. The largest absolute Gasteiger partial charge is 0.481 e. The van der Waals surface area contributed by atoms with Gasteiger partial charge in [-0.3, -0.25) is 4.79 Å². The quantitative estimate of drug-likeness (QED) is 0.899. The second-order valence-electron chi connectivity index (χ2n) is 4.34. The molecule has 0 saturated heterocycles. The first kappa shape index (κ1) is 12.4. The fraction of sp³-hybridized carbons (Fsp3) is 0.286. The van der Waals surface area contributed by atoms with Crippen LogP contribution in [-0.2, 0) is 11.2 Å². The van der Waals surface area contributed by atoms with Crippen molar-refractivity contribution in [3.05, 3.63) is 41.1 Å². The number of nitrogens with zero attached hydrogens (tertiary/aromatic N) is 1. The molecule has 0 aliphatic heterocycles. The average Bonchev–Trinajstić information content (AvgIpc) is 2.69. The Morgan fingerprint density at radius 3 is 2.56 bits per heavy atom. The summed E-state index contributed by atoms with van der Waals surface area (Å²) in [6.07, 6.45) is 0.523. The van der Waals surface area contributed by atoms with Crippen molar-refractivity contribution >= 4 is 5.97 Å². The lowest BCUT2D eigenvalue weighted by Gasteiger charge is -2.01. The zero-order chi connectivity index (χ0) is 13.1. The number of carboxylic acid groups (broad SMARTS) is 1. The number of carboxylic acids is 1. The molecule has 0 aliphatic rings. The second kappa shape index (κ2) is 5.04. The second-order valence-corrected chi connectivity index (χ2v) is 4.34. The van der Waals surface area contributed by atoms with E-state index in [1.54, 1.807) is 0 Å². The van der Waals surface area contributed by atoms with Crippen molar-refractivity contribution in [2.45, 2.75) is 26.7 Å². The molecule has 18 heavy (non-hydrogen) atoms. The molecule has 2 aromatic rings. The average molecular weight is 245 g/mol. The van der Waals surface area contributed by atoms with Gasteiger partial charge in [0.25, 0.3) is 0 Å². The maximum absolute atomic E-state index is 10.6. The molecule has 0 radical (unpaired) electrons. The molecular formula is C14H15NO3. The summed E-state index contributed by atoms with van der Waals surface area (Å²) in [5.74, 6) is -0.140. The monoisotopic (exact) mass is 245 g/mol. The smallest absolute Gasteiger partial charge is 0.303 e. The van der Waals surface area contributed by atoms with Crippen molar-refractivity contribution in [1.82, 2.24) is 5.16 Å². The van der Waals surface area contributed by atoms with Crippen LogP contribution in [0.15, 0.2) is 28.8 Å². The Labute approximate surface area is 105 Å². The molecule has 0 saturated carbocycles. The van der Waals surface area contributed by atoms with Gasteiger partial charge in [0, 0.05) is 17.5 Å². The molecule has 1 heterocycles. The molecule has 0 aliphatic carbocycles. The molecule has 1 aromatic carbocycles. The molecular weight excluding hydrogens is 230 g/mol. The van der Waals surface area contributed by atoms with E-state index in [9.17, 15) is 4.79 Å². The highest BCUT2D eigenvalue weighted by Gasteiger charge is 2.15. The van der Waals surface area contributed by atoms with Crippen LogP contribution in [0.1, 0.15) is 23.2 Å². The minimum absolute atomic E-state index is 0.0842. The van der Waals surface area contributed by atoms with Gasteiger partial charge in [-0.1, -0.05) is 35.0 Å². The Bertz CT molecular complexity index is 555. The van der Waals surface area contributed by atoms with Crippen molar-refractivity contribution in [3.63, 3.8) is 0 Å². The summed E-state index contributed by atoms with van der Waals surface area (Å²) in [6.45, 7) is 3.85. The number of carbonyl (C=O) groups is 1. The fourth-order valence-electron chi connectivity index (χ4n) is 1.85. The summed E-state index contributed by atoms with van der Waals surface area (Å²) in [5.41, 5.74) is 3.73. The normalized spacial score (nSPS) is 10.6. The molecule has 0 unspecified atom stereocenters. The summed E-state index contributed by atoms with van der Waals surface area (Å²) in [5, 5.41) is 12.7. The van der Waals surface area contributed by atoms with Crippen molar-refractivity contribution in [1.29, 1.82) is 0 Å². The Balaban J connectivity index is 2.33. The van der Waals surface area contributed by atoms with Gasteiger partial charge in [0.15, 0.2) is 5.76 Å². The first-order valence-corrected chi connectivity index (χ1v) is 5.82. The molecule has 0 bridgehead atoms. The summed E-state index contributed by atoms with van der Waals surface area (Å²) in [4.78, 5) is 10.6. The summed E-state index contributed by atoms with van der Waals surface area (Å²) >= 11 is 0. The van der Waals surface area contributed by atoms with Crippen LogP contribution in [0.2, 0.25) is 0 Å². The third kappa shape index (κ3) is 2.59. The van der Waals surface area contributed by atoms with Crippen molar-refractivity contribution in [2.75, 3.05) is 0 Å². The highest BCUT2D eigenvalue weighted by Crippen LogP contribution is 2.27. The highest BCUT2D eigenvalue weighted by atomic mass is 16.5. The lowest BCUT2D eigenvalue weighted by Crippen LogP contribution is -1.99. The first-order valence-electron chi connectivity index (χ1n) is 5.82. The number of hydrogen-bond acceptors (Lipinski definition) is 3. The van der Waals surface area contributed by atoms with Gasteiger partial charge in [-0.05, 0) is 20.3 Å². The van der Waals surface area contributed by atoms with Crippen LogP contribution in [0, 0.1) is 13.8 Å². The van der Waals surface area contributed by atoms with Crippen LogP contribution in [-0.4, -0.2) is 16.2 Å². The van der Waals surface area contributed by atoms with E-state index in [0.29, 0.717) is 12.2 Å². The molecule has 0 fully saturated rings. The molecule has 4 heteroatoms. The number of benzene rings is 1. The summed E-state index contributed by atoms with van der Waals surface area (Å²) < 4.78 is 5.31. The molecule has 4 nitrogen and oxygen atoms in total. The minimum atomic E-state index is -0.814. The summed E-state index contributed by atoms with van der Waals surface area (Å²) in [6, 6.07) is 7.90. The van der Waals surface area contributed by atoms with E-state index >= 15 is 0 Å². The maximum atomic E-state index is 10.6. The fourth-order valence-corrected chi connectivity index (χ4v) is 1.85. The van der Waals surface area contributed by atoms with Crippen molar-refractivity contribution in [3.8, 4) is 11.3 Å². The lowest BCUT2D eigenvalue weighted by molar-refractivity contribution is -0.136. The number of hydrogen-bond donors (Lipinski definition) is 1. The third-order valence-electron chi connectivity index (χ3n) is 2.89. The van der Waals surface area contributed by atoms with E-state index in [1.807, 2.05) is 38.1 Å². The standard InChI is InChI=1S/C14H15NO3/c1-9-3-5-11(6-4-9)14-12(7-8-13(16)17)10(2)15-18-14/h3-6H,7-8H2,1-2H3,(H,16,17). The van der Waals surface area contributed by atoms with Gasteiger partial charge in [-0.15, -0.1) is 0 Å². The first-order chi connectivity index (χ1) is 8.58. The number of aliphatic carboxylic acids is 1. The molecule has 1 aromatic heterocycles. The van der Waals surface area contributed by atoms with Crippen LogP contribution in [0.3, 0.4) is 0 Å². The molecule has 1 N–H and O–H groups in total. The molecule has 0 spiro atoms. The number of aromatic nitrogens is 1. The van der Waals surface area contributed by atoms with E-state index in [1.165, 1.54) is 5.56 Å². The predicted octanol–water partition coefficient (Wildman–Crippen LogP) is 2.98. The Morgan fingerprint density at radius 1 is 1.28 bits per heavy atom. The third-order valence-corrected chi connectivity index (χ3v) is 2.89. The molecule has 2 rings (SSSR count). The zero-order valence-corrected chi connectivity index (χ0v) is 10.4. The Kier molecular flexibility index (Phi) is 3.46. The highest BCUT2D eigenvalue weighted by molar-refractivity contribution is 5.68. The van der Waals surface area contributed by atoms with Gasteiger partial charge in [-0.25, -0.2) is 0 Å². The van der Waals surface area contributed by atoms with Gasteiger partial charge in [0.05, 0.1) is 5.69 Å². The van der Waals surface area contributed by atoms with E-state index in [-0.39, 0.29) is 6.42 Å². The lowest BCUT2D eigenvalue weighted by atomic mass is 10.0. The molecule has 0 atom stereocenters. The molecule has 0 amide bonds. The van der Waals surface area contributed by atoms with Crippen molar-refractivity contribution in [2.24, 2.45) is 0 Å². The molecule has 94 valence electrons. The topological polar surface area (TPSA) is 63.3 Å². The van der Waals surface area contributed by atoms with E-state index in [0.717, 1.165) is 16.8 Å². The Morgan fingerprint density at radius 2 is 1.94 bits per heavy atom. The van der Waals surface area contributed by atoms with Gasteiger partial charge in [0.1, 0.15) is 0 Å². The van der Waals surface area contributed by atoms with Crippen LogP contribution in [0.4, 0.5) is 0 Å². The SMILES string of the molecule is Cc1ccc(-c2onc(C)c2CCC(=O)O)cc1. The van der Waals surface area contributed by atoms with E-state index in [2.05, 4.69) is 5.16 Å². The number of aryl methyl sites for hydroxylation is 2. The van der Waals surface area contributed by atoms with Crippen LogP contribution in [0.25, 0.3) is 11.3 Å². The van der Waals surface area contributed by atoms with Crippen molar-refractivity contribution < 1.29 is 14.4 Å². The maximum Gasteiger partial charge on any atom is 0.303 e. The van der Waals surface area contributed by atoms with Gasteiger partial charge in [-0.2, -0.15) is 0 Å². The van der Waals surface area contributed by atoms with Crippen LogP contribution in [0.5, 0.6) is 0 Å². The van der Waals surface area contributed by atoms with E-state index in [4.69, 9.17) is 9.63 Å². The zero-order valence-electron chi connectivity index (χ0n) is 10.4. The van der Waals surface area contributed by atoms with Gasteiger partial charge < -0.3 is 9.63 Å². The van der Waals surface area contributed by atoms with E-state index < -0.39 is 5.97 Å². The van der Waals surface area contributed by atoms with Gasteiger partial charge >= 0.3 is 5.97 Å². The predicted molar refractivity (Wildman–Crippen MR) is 67.4 cm³/mol. The van der Waals surface area contributed by atoms with Crippen LogP contribution >= 0.6 is 0 Å².